The monoisotopic (exact) mass is 527 g/mol. The summed E-state index contributed by atoms with van der Waals surface area (Å²) in [7, 11) is 0. The molecule has 9 heteroatoms. The van der Waals surface area contributed by atoms with Crippen molar-refractivity contribution >= 4 is 40.6 Å². The number of hydrogen-bond donors (Lipinski definition) is 2. The molecule has 160 valence electrons. The number of ether oxygens (including phenoxy) is 2. The second-order valence-electron chi connectivity index (χ2n) is 5.97. The molecule has 0 aliphatic carbocycles. The van der Waals surface area contributed by atoms with E-state index in [1.807, 2.05) is 19.9 Å². The van der Waals surface area contributed by atoms with E-state index in [0.717, 1.165) is 9.13 Å². The quantitative estimate of drug-likeness (QED) is 0.281. The lowest BCUT2D eigenvalue weighted by molar-refractivity contribution is -0.120. The summed E-state index contributed by atoms with van der Waals surface area (Å²) < 4.78 is 25.6. The first kappa shape index (κ1) is 23.6. The average Bonchev–Trinajstić information content (AvgIpc) is 2.71. The van der Waals surface area contributed by atoms with Gasteiger partial charge in [0.05, 0.1) is 28.6 Å². The summed E-state index contributed by atoms with van der Waals surface area (Å²) in [4.78, 5) is 23.8. The first-order valence-electron chi connectivity index (χ1n) is 9.40. The Morgan fingerprint density at radius 2 is 1.90 bits per heavy atom. The van der Waals surface area contributed by atoms with Gasteiger partial charge in [0.15, 0.2) is 11.5 Å². The van der Waals surface area contributed by atoms with E-state index in [4.69, 9.17) is 9.47 Å². The standard InChI is InChI=1S/C21H23FIN3O4/c1-3-29-18-12-14(11-17(23)20(18)30-4-2)13-25-26-19(27)9-10-24-21(28)15-7-5-6-8-16(15)22/h5-8,11-13H,3-4,9-10H2,1-2H3,(H,24,28)(H,26,27). The molecule has 0 bridgehead atoms. The number of rotatable bonds is 10. The molecule has 2 aromatic carbocycles. The number of hydrogen-bond acceptors (Lipinski definition) is 5. The van der Waals surface area contributed by atoms with Crippen molar-refractivity contribution in [1.82, 2.24) is 10.7 Å². The molecule has 7 nitrogen and oxygen atoms in total. The van der Waals surface area contributed by atoms with Gasteiger partial charge in [-0.3, -0.25) is 9.59 Å². The SMILES string of the molecule is CCOc1cc(C=NNC(=O)CCNC(=O)c2ccccc2F)cc(I)c1OCC. The topological polar surface area (TPSA) is 89.0 Å². The van der Waals surface area contributed by atoms with Gasteiger partial charge in [-0.05, 0) is 66.3 Å². The second kappa shape index (κ2) is 12.1. The van der Waals surface area contributed by atoms with Crippen molar-refractivity contribution in [1.29, 1.82) is 0 Å². The van der Waals surface area contributed by atoms with E-state index >= 15 is 0 Å². The fraction of sp³-hybridized carbons (Fsp3) is 0.286. The molecule has 0 heterocycles. The number of benzene rings is 2. The van der Waals surface area contributed by atoms with Crippen molar-refractivity contribution in [2.45, 2.75) is 20.3 Å². The Hall–Kier alpha value is -2.69. The minimum atomic E-state index is -0.611. The highest BCUT2D eigenvalue weighted by Crippen LogP contribution is 2.33. The molecule has 2 N–H and O–H groups in total. The van der Waals surface area contributed by atoms with Crippen LogP contribution in [0.5, 0.6) is 11.5 Å². The highest BCUT2D eigenvalue weighted by atomic mass is 127. The first-order valence-corrected chi connectivity index (χ1v) is 10.5. The van der Waals surface area contributed by atoms with Crippen LogP contribution >= 0.6 is 22.6 Å². The van der Waals surface area contributed by atoms with Crippen molar-refractivity contribution < 1.29 is 23.5 Å². The van der Waals surface area contributed by atoms with Crippen LogP contribution in [0.15, 0.2) is 41.5 Å². The maximum absolute atomic E-state index is 13.6. The molecular weight excluding hydrogens is 504 g/mol. The van der Waals surface area contributed by atoms with Crippen molar-refractivity contribution in [2.75, 3.05) is 19.8 Å². The van der Waals surface area contributed by atoms with Crippen LogP contribution in [-0.4, -0.2) is 37.8 Å². The first-order chi connectivity index (χ1) is 14.5. The van der Waals surface area contributed by atoms with Crippen molar-refractivity contribution in [3.63, 3.8) is 0 Å². The zero-order valence-electron chi connectivity index (χ0n) is 16.7. The van der Waals surface area contributed by atoms with Gasteiger partial charge < -0.3 is 14.8 Å². The van der Waals surface area contributed by atoms with Crippen LogP contribution in [0.1, 0.15) is 36.2 Å². The lowest BCUT2D eigenvalue weighted by Crippen LogP contribution is -2.29. The molecule has 0 saturated carbocycles. The van der Waals surface area contributed by atoms with Crippen LogP contribution in [0.4, 0.5) is 4.39 Å². The summed E-state index contributed by atoms with van der Waals surface area (Å²) in [5, 5.41) is 6.44. The van der Waals surface area contributed by atoms with Gasteiger partial charge in [-0.15, -0.1) is 0 Å². The highest BCUT2D eigenvalue weighted by molar-refractivity contribution is 14.1. The molecule has 2 amide bonds. The van der Waals surface area contributed by atoms with Crippen molar-refractivity contribution in [2.24, 2.45) is 5.10 Å². The summed E-state index contributed by atoms with van der Waals surface area (Å²) in [6.07, 6.45) is 1.50. The molecule has 0 radical (unpaired) electrons. The van der Waals surface area contributed by atoms with E-state index in [9.17, 15) is 14.0 Å². The maximum atomic E-state index is 13.6. The molecule has 0 fully saturated rings. The average molecular weight is 527 g/mol. The molecule has 2 aromatic rings. The third-order valence-electron chi connectivity index (χ3n) is 3.78. The molecule has 0 unspecified atom stereocenters. The second-order valence-corrected chi connectivity index (χ2v) is 7.14. The van der Waals surface area contributed by atoms with Crippen LogP contribution < -0.4 is 20.2 Å². The van der Waals surface area contributed by atoms with Crippen molar-refractivity contribution in [3.8, 4) is 11.5 Å². The minimum Gasteiger partial charge on any atom is -0.490 e. The Labute approximate surface area is 188 Å². The Bertz CT molecular complexity index is 921. The molecule has 0 aromatic heterocycles. The molecule has 30 heavy (non-hydrogen) atoms. The largest absolute Gasteiger partial charge is 0.490 e. The maximum Gasteiger partial charge on any atom is 0.254 e. The van der Waals surface area contributed by atoms with Gasteiger partial charge in [0.2, 0.25) is 5.91 Å². The zero-order valence-corrected chi connectivity index (χ0v) is 18.9. The van der Waals surface area contributed by atoms with Gasteiger partial charge in [-0.1, -0.05) is 12.1 Å². The fourth-order valence-electron chi connectivity index (χ4n) is 2.47. The summed E-state index contributed by atoms with van der Waals surface area (Å²) in [6.45, 7) is 4.85. The minimum absolute atomic E-state index is 0.00252. The van der Waals surface area contributed by atoms with Crippen LogP contribution in [0.3, 0.4) is 0 Å². The van der Waals surface area contributed by atoms with Crippen LogP contribution in [-0.2, 0) is 4.79 Å². The number of hydrazone groups is 1. The van der Waals surface area contributed by atoms with Crippen LogP contribution in [0.25, 0.3) is 0 Å². The van der Waals surface area contributed by atoms with E-state index in [0.29, 0.717) is 24.7 Å². The molecule has 0 aliphatic heterocycles. The third-order valence-corrected chi connectivity index (χ3v) is 4.58. The van der Waals surface area contributed by atoms with Gasteiger partial charge in [-0.2, -0.15) is 5.10 Å². The number of carbonyl (C=O) groups excluding carboxylic acids is 2. The lowest BCUT2D eigenvalue weighted by atomic mass is 10.2. The number of halogens is 2. The van der Waals surface area contributed by atoms with Crippen LogP contribution in [0, 0.1) is 9.39 Å². The number of amides is 2. The summed E-state index contributed by atoms with van der Waals surface area (Å²) in [5.41, 5.74) is 3.07. The Balaban J connectivity index is 1.87. The number of nitrogens with one attached hydrogen (secondary N) is 2. The van der Waals surface area contributed by atoms with Crippen LogP contribution in [0.2, 0.25) is 0 Å². The van der Waals surface area contributed by atoms with Gasteiger partial charge in [0, 0.05) is 13.0 Å². The predicted molar refractivity (Wildman–Crippen MR) is 121 cm³/mol. The number of nitrogens with zero attached hydrogens (tertiary/aromatic N) is 1. The molecule has 0 saturated heterocycles. The molecule has 0 aliphatic rings. The molecule has 2 rings (SSSR count). The molecular formula is C21H23FIN3O4. The lowest BCUT2D eigenvalue weighted by Gasteiger charge is -2.13. The van der Waals surface area contributed by atoms with Gasteiger partial charge >= 0.3 is 0 Å². The third kappa shape index (κ3) is 6.97. The van der Waals surface area contributed by atoms with Gasteiger partial charge in [0.1, 0.15) is 5.82 Å². The smallest absolute Gasteiger partial charge is 0.254 e. The van der Waals surface area contributed by atoms with Gasteiger partial charge in [-0.25, -0.2) is 9.82 Å². The molecule has 0 atom stereocenters. The predicted octanol–water partition coefficient (Wildman–Crippen LogP) is 3.50. The highest BCUT2D eigenvalue weighted by Gasteiger charge is 2.12. The molecule has 0 spiro atoms. The van der Waals surface area contributed by atoms with E-state index in [-0.39, 0.29) is 24.4 Å². The van der Waals surface area contributed by atoms with E-state index in [2.05, 4.69) is 38.4 Å². The van der Waals surface area contributed by atoms with Crippen molar-refractivity contribution in [3.05, 3.63) is 56.9 Å². The Kier molecular flexibility index (Phi) is 9.52. The van der Waals surface area contributed by atoms with E-state index in [1.54, 1.807) is 12.1 Å². The fourth-order valence-corrected chi connectivity index (χ4v) is 3.26. The van der Waals surface area contributed by atoms with Gasteiger partial charge in [0.25, 0.3) is 5.91 Å². The summed E-state index contributed by atoms with van der Waals surface area (Å²) >= 11 is 2.15. The summed E-state index contributed by atoms with van der Waals surface area (Å²) in [5.74, 6) is -0.287. The number of carbonyl (C=O) groups is 2. The summed E-state index contributed by atoms with van der Waals surface area (Å²) in [6, 6.07) is 9.29. The van der Waals surface area contributed by atoms with E-state index in [1.165, 1.54) is 24.4 Å². The Morgan fingerprint density at radius 1 is 1.17 bits per heavy atom. The normalized spacial score (nSPS) is 10.7. The zero-order chi connectivity index (χ0) is 21.9. The Morgan fingerprint density at radius 3 is 2.60 bits per heavy atom. The van der Waals surface area contributed by atoms with E-state index < -0.39 is 11.7 Å².